The molecule has 2 aromatic heterocycles. The Labute approximate surface area is 182 Å². The standard InChI is InChI=1S/C22H21F3N6O/c1-31-19(9-20(30-31)22(23,24)25)16-8-18-21(29-11-16)32-17(13-28-18)12-27-7-6-14-2-4-15(10-26)5-3-14/h2-5,8-9,11,17,27-28H,6-7,12-13H2,1H3. The largest absolute Gasteiger partial charge is 0.470 e. The Morgan fingerprint density at radius 3 is 2.75 bits per heavy atom. The number of nitriles is 1. The number of anilines is 1. The number of nitrogens with one attached hydrogen (secondary N) is 2. The number of pyridine rings is 1. The minimum atomic E-state index is -4.50. The molecule has 0 radical (unpaired) electrons. The average Bonchev–Trinajstić information content (AvgIpc) is 3.19. The van der Waals surface area contributed by atoms with Crippen molar-refractivity contribution in [3.8, 4) is 23.2 Å². The molecule has 7 nitrogen and oxygen atoms in total. The summed E-state index contributed by atoms with van der Waals surface area (Å²) in [5.74, 6) is 0.414. The van der Waals surface area contributed by atoms with E-state index >= 15 is 0 Å². The summed E-state index contributed by atoms with van der Waals surface area (Å²) >= 11 is 0. The molecule has 0 aliphatic carbocycles. The van der Waals surface area contributed by atoms with Gasteiger partial charge in [0.2, 0.25) is 5.88 Å². The molecule has 32 heavy (non-hydrogen) atoms. The van der Waals surface area contributed by atoms with E-state index in [0.717, 1.165) is 24.6 Å². The highest BCUT2D eigenvalue weighted by atomic mass is 19.4. The molecular weight excluding hydrogens is 421 g/mol. The Morgan fingerprint density at radius 1 is 1.28 bits per heavy atom. The lowest BCUT2D eigenvalue weighted by Crippen LogP contribution is -2.40. The van der Waals surface area contributed by atoms with Crippen LogP contribution in [0.5, 0.6) is 5.88 Å². The van der Waals surface area contributed by atoms with Crippen LogP contribution in [0.4, 0.5) is 18.9 Å². The van der Waals surface area contributed by atoms with Gasteiger partial charge in [-0.15, -0.1) is 0 Å². The van der Waals surface area contributed by atoms with Gasteiger partial charge in [0.15, 0.2) is 5.69 Å². The van der Waals surface area contributed by atoms with Crippen molar-refractivity contribution in [2.24, 2.45) is 7.05 Å². The fourth-order valence-corrected chi connectivity index (χ4v) is 3.47. The van der Waals surface area contributed by atoms with Crippen LogP contribution in [-0.4, -0.2) is 40.5 Å². The second-order valence-electron chi connectivity index (χ2n) is 7.50. The number of hydrogen-bond acceptors (Lipinski definition) is 6. The monoisotopic (exact) mass is 442 g/mol. The molecule has 4 rings (SSSR count). The maximum absolute atomic E-state index is 12.9. The molecule has 0 spiro atoms. The van der Waals surface area contributed by atoms with Crippen LogP contribution in [0.3, 0.4) is 0 Å². The first kappa shape index (κ1) is 21.6. The van der Waals surface area contributed by atoms with Gasteiger partial charge < -0.3 is 15.4 Å². The van der Waals surface area contributed by atoms with Gasteiger partial charge in [0, 0.05) is 25.4 Å². The lowest BCUT2D eigenvalue weighted by molar-refractivity contribution is -0.141. The summed E-state index contributed by atoms with van der Waals surface area (Å²) < 4.78 is 45.9. The third-order valence-corrected chi connectivity index (χ3v) is 5.16. The van der Waals surface area contributed by atoms with Gasteiger partial charge in [-0.05, 0) is 42.8 Å². The molecule has 0 fully saturated rings. The van der Waals surface area contributed by atoms with E-state index in [1.807, 2.05) is 12.1 Å². The van der Waals surface area contributed by atoms with Crippen molar-refractivity contribution in [1.29, 1.82) is 5.26 Å². The molecule has 3 aromatic rings. The highest BCUT2D eigenvalue weighted by molar-refractivity contribution is 5.68. The molecule has 10 heteroatoms. The molecule has 1 aliphatic rings. The summed E-state index contributed by atoms with van der Waals surface area (Å²) in [5, 5.41) is 19.0. The van der Waals surface area contributed by atoms with Gasteiger partial charge in [0.1, 0.15) is 6.10 Å². The molecule has 0 amide bonds. The van der Waals surface area contributed by atoms with Crippen LogP contribution in [0.1, 0.15) is 16.8 Å². The van der Waals surface area contributed by atoms with Gasteiger partial charge in [-0.25, -0.2) is 4.98 Å². The fraction of sp³-hybridized carbons (Fsp3) is 0.318. The van der Waals surface area contributed by atoms with E-state index in [9.17, 15) is 13.2 Å². The smallest absolute Gasteiger partial charge is 0.435 e. The molecule has 2 N–H and O–H groups in total. The predicted octanol–water partition coefficient (Wildman–Crippen LogP) is 3.38. The van der Waals surface area contributed by atoms with Gasteiger partial charge in [0.05, 0.1) is 29.6 Å². The first-order chi connectivity index (χ1) is 15.3. The number of ether oxygens (including phenoxy) is 1. The highest BCUT2D eigenvalue weighted by Crippen LogP contribution is 2.34. The van der Waals surface area contributed by atoms with Crippen LogP contribution in [0.2, 0.25) is 0 Å². The van der Waals surface area contributed by atoms with Crippen molar-refractivity contribution in [2.75, 3.05) is 25.0 Å². The van der Waals surface area contributed by atoms with Gasteiger partial charge in [-0.3, -0.25) is 4.68 Å². The molecule has 166 valence electrons. The van der Waals surface area contributed by atoms with Gasteiger partial charge in [0.25, 0.3) is 0 Å². The molecule has 0 saturated carbocycles. The lowest BCUT2D eigenvalue weighted by Gasteiger charge is -2.27. The Kier molecular flexibility index (Phi) is 6.01. The number of benzene rings is 1. The molecule has 1 aliphatic heterocycles. The van der Waals surface area contributed by atoms with E-state index in [2.05, 4.69) is 26.8 Å². The first-order valence-corrected chi connectivity index (χ1v) is 10.1. The van der Waals surface area contributed by atoms with Crippen LogP contribution in [0.15, 0.2) is 42.6 Å². The number of aromatic nitrogens is 3. The number of aryl methyl sites for hydroxylation is 1. The molecule has 0 saturated heterocycles. The van der Waals surface area contributed by atoms with Gasteiger partial charge in [-0.2, -0.15) is 23.5 Å². The minimum Gasteiger partial charge on any atom is -0.470 e. The second-order valence-corrected chi connectivity index (χ2v) is 7.50. The third-order valence-electron chi connectivity index (χ3n) is 5.16. The van der Waals surface area contributed by atoms with Crippen molar-refractivity contribution in [2.45, 2.75) is 18.7 Å². The molecular formula is C22H21F3N6O. The summed E-state index contributed by atoms with van der Waals surface area (Å²) in [5.41, 5.74) is 2.31. The summed E-state index contributed by atoms with van der Waals surface area (Å²) in [7, 11) is 1.47. The van der Waals surface area contributed by atoms with Crippen molar-refractivity contribution in [3.63, 3.8) is 0 Å². The quantitative estimate of drug-likeness (QED) is 0.569. The zero-order chi connectivity index (χ0) is 22.7. The Balaban J connectivity index is 1.33. The van der Waals surface area contributed by atoms with Crippen LogP contribution >= 0.6 is 0 Å². The van der Waals surface area contributed by atoms with Crippen molar-refractivity contribution in [1.82, 2.24) is 20.1 Å². The minimum absolute atomic E-state index is 0.129. The summed E-state index contributed by atoms with van der Waals surface area (Å²) in [4.78, 5) is 4.29. The Bertz CT molecular complexity index is 1130. The highest BCUT2D eigenvalue weighted by Gasteiger charge is 2.35. The third kappa shape index (κ3) is 4.84. The van der Waals surface area contributed by atoms with E-state index < -0.39 is 11.9 Å². The van der Waals surface area contributed by atoms with Crippen molar-refractivity contribution in [3.05, 3.63) is 59.4 Å². The van der Waals surface area contributed by atoms with Gasteiger partial charge >= 0.3 is 6.18 Å². The van der Waals surface area contributed by atoms with Gasteiger partial charge in [-0.1, -0.05) is 12.1 Å². The zero-order valence-corrected chi connectivity index (χ0v) is 17.3. The van der Waals surface area contributed by atoms with Crippen molar-refractivity contribution < 1.29 is 17.9 Å². The normalized spacial score (nSPS) is 15.4. The predicted molar refractivity (Wildman–Crippen MR) is 112 cm³/mol. The van der Waals surface area contributed by atoms with E-state index in [1.165, 1.54) is 17.9 Å². The maximum Gasteiger partial charge on any atom is 0.435 e. The topological polar surface area (TPSA) is 87.8 Å². The van der Waals surface area contributed by atoms with Crippen LogP contribution in [-0.2, 0) is 19.6 Å². The summed E-state index contributed by atoms with van der Waals surface area (Å²) in [6.45, 7) is 1.91. The second kappa shape index (κ2) is 8.88. The molecule has 1 aromatic carbocycles. The van der Waals surface area contributed by atoms with E-state index in [-0.39, 0.29) is 6.10 Å². The van der Waals surface area contributed by atoms with Crippen LogP contribution < -0.4 is 15.4 Å². The SMILES string of the molecule is Cn1nc(C(F)(F)F)cc1-c1cnc2c(c1)NCC(CNCCc1ccc(C#N)cc1)O2. The van der Waals surface area contributed by atoms with E-state index in [1.54, 1.807) is 18.2 Å². The lowest BCUT2D eigenvalue weighted by atomic mass is 10.1. The number of alkyl halides is 3. The number of fused-ring (bicyclic) bond motifs is 1. The van der Waals surface area contributed by atoms with Crippen LogP contribution in [0.25, 0.3) is 11.3 Å². The number of hydrogen-bond donors (Lipinski definition) is 2. The van der Waals surface area contributed by atoms with E-state index in [4.69, 9.17) is 10.00 Å². The fourth-order valence-electron chi connectivity index (χ4n) is 3.47. The molecule has 0 bridgehead atoms. The van der Waals surface area contributed by atoms with E-state index in [0.29, 0.717) is 41.5 Å². The summed E-state index contributed by atoms with van der Waals surface area (Å²) in [6.07, 6.45) is -2.32. The number of halogens is 3. The molecule has 1 atom stereocenters. The van der Waals surface area contributed by atoms with Crippen molar-refractivity contribution >= 4 is 5.69 Å². The maximum atomic E-state index is 12.9. The average molecular weight is 442 g/mol. The molecule has 3 heterocycles. The zero-order valence-electron chi connectivity index (χ0n) is 17.3. The Hall–Kier alpha value is -3.58. The first-order valence-electron chi connectivity index (χ1n) is 10.1. The number of nitrogens with zero attached hydrogens (tertiary/aromatic N) is 4. The molecule has 1 unspecified atom stereocenters. The summed E-state index contributed by atoms with van der Waals surface area (Å²) in [6, 6.07) is 12.3. The Morgan fingerprint density at radius 2 is 2.06 bits per heavy atom. The number of rotatable bonds is 6. The van der Waals surface area contributed by atoms with Crippen LogP contribution in [0, 0.1) is 11.3 Å².